The van der Waals surface area contributed by atoms with E-state index in [1.165, 1.54) is 32.4 Å². The topological polar surface area (TPSA) is 106 Å². The van der Waals surface area contributed by atoms with Gasteiger partial charge in [-0.2, -0.15) is 0 Å². The van der Waals surface area contributed by atoms with Crippen molar-refractivity contribution >= 4 is 16.9 Å². The summed E-state index contributed by atoms with van der Waals surface area (Å²) in [5.74, 6) is 0.264. The molecule has 47 heavy (non-hydrogen) atoms. The van der Waals surface area contributed by atoms with Gasteiger partial charge in [0, 0.05) is 41.2 Å². The van der Waals surface area contributed by atoms with Crippen LogP contribution in [-0.2, 0) is 39.4 Å². The maximum Gasteiger partial charge on any atom is 0.325 e. The van der Waals surface area contributed by atoms with Crippen molar-refractivity contribution < 1.29 is 24.1 Å². The molecule has 2 saturated heterocycles. The van der Waals surface area contributed by atoms with E-state index in [1.54, 1.807) is 4.57 Å². The van der Waals surface area contributed by atoms with Gasteiger partial charge in [-0.3, -0.25) is 14.5 Å². The second kappa shape index (κ2) is 13.0. The number of aliphatic hydroxyl groups excluding tert-OH is 1. The van der Waals surface area contributed by atoms with Gasteiger partial charge in [0.15, 0.2) is 6.29 Å². The van der Waals surface area contributed by atoms with Crippen LogP contribution in [-0.4, -0.2) is 81.6 Å². The van der Waals surface area contributed by atoms with Crippen molar-refractivity contribution in [2.75, 3.05) is 32.7 Å². The van der Waals surface area contributed by atoms with Crippen molar-refractivity contribution in [3.05, 3.63) is 56.9 Å². The highest BCUT2D eigenvalue weighted by atomic mass is 16.6. The molecule has 0 saturated carbocycles. The average Bonchev–Trinajstić information content (AvgIpc) is 3.44. The highest BCUT2D eigenvalue weighted by Crippen LogP contribution is 2.44. The Morgan fingerprint density at radius 1 is 1.09 bits per heavy atom. The van der Waals surface area contributed by atoms with Crippen LogP contribution in [0.15, 0.2) is 29.1 Å². The molecule has 0 spiro atoms. The van der Waals surface area contributed by atoms with Crippen LogP contribution in [0.5, 0.6) is 5.75 Å². The number of nitrogens with zero attached hydrogens (tertiary/aromatic N) is 4. The van der Waals surface area contributed by atoms with Crippen LogP contribution in [0, 0.1) is 0 Å². The molecule has 1 N–H and O–H groups in total. The standard InChI is InChI=1S/C37H48N4O6/c1-5-26-27-18-25(46-33(42)21-39-16-12-24(13-17-39)40-14-8-7-9-15-40)10-11-31(27)38-34-28(26)20-41-32(34)19-30-29(35(41)43)22-45-36(44)37(30,6-2)47-23(3)4/h10-11,18-19,23-24,36,44H,5-9,12-17,20-22H2,1-4H3/t36?,37-/m0/s1. The molecule has 10 heteroatoms. The predicted molar refractivity (Wildman–Crippen MR) is 179 cm³/mol. The second-order valence-corrected chi connectivity index (χ2v) is 13.9. The first-order chi connectivity index (χ1) is 22.7. The van der Waals surface area contributed by atoms with E-state index in [2.05, 4.69) is 16.7 Å². The number of piperidine rings is 2. The van der Waals surface area contributed by atoms with Crippen molar-refractivity contribution in [3.8, 4) is 17.1 Å². The number of esters is 1. The number of rotatable bonds is 8. The smallest absolute Gasteiger partial charge is 0.325 e. The van der Waals surface area contributed by atoms with Crippen LogP contribution in [0.3, 0.4) is 0 Å². The van der Waals surface area contributed by atoms with Gasteiger partial charge in [-0.15, -0.1) is 0 Å². The van der Waals surface area contributed by atoms with Gasteiger partial charge in [0.05, 0.1) is 42.7 Å². The van der Waals surface area contributed by atoms with E-state index < -0.39 is 11.9 Å². The fourth-order valence-electron chi connectivity index (χ4n) is 8.41. The number of aliphatic hydroxyl groups is 1. The highest BCUT2D eigenvalue weighted by molar-refractivity contribution is 5.89. The molecule has 7 rings (SSSR count). The summed E-state index contributed by atoms with van der Waals surface area (Å²) in [5.41, 5.74) is 4.24. The first kappa shape index (κ1) is 32.4. The molecule has 0 radical (unpaired) electrons. The van der Waals surface area contributed by atoms with Gasteiger partial charge in [0.2, 0.25) is 0 Å². The van der Waals surface area contributed by atoms with E-state index in [1.807, 2.05) is 45.0 Å². The van der Waals surface area contributed by atoms with Crippen LogP contribution in [0.25, 0.3) is 22.3 Å². The maximum atomic E-state index is 14.0. The zero-order valence-electron chi connectivity index (χ0n) is 28.2. The number of aryl methyl sites for hydroxylation is 1. The fraction of sp³-hybridized carbons (Fsp3) is 0.595. The molecule has 2 atom stereocenters. The Balaban J connectivity index is 1.14. The highest BCUT2D eigenvalue weighted by Gasteiger charge is 2.47. The maximum absolute atomic E-state index is 14.0. The van der Waals surface area contributed by atoms with Gasteiger partial charge in [-0.1, -0.05) is 20.3 Å². The Morgan fingerprint density at radius 2 is 1.85 bits per heavy atom. The SMILES string of the molecule is CCc1c2c(nc3ccc(OC(=O)CN4CCC(N5CCCCC5)CC4)cc13)-c1cc3c(c(=O)n1C2)COC(O)[C@@]3(CC)OC(C)C. The van der Waals surface area contributed by atoms with Crippen LogP contribution in [0.4, 0.5) is 0 Å². The van der Waals surface area contributed by atoms with Crippen LogP contribution in [0.1, 0.15) is 88.5 Å². The molecule has 2 fully saturated rings. The van der Waals surface area contributed by atoms with Gasteiger partial charge in [0.1, 0.15) is 11.4 Å². The molecule has 3 aromatic rings. The van der Waals surface area contributed by atoms with Gasteiger partial charge in [-0.05, 0) is 95.3 Å². The third-order valence-electron chi connectivity index (χ3n) is 10.7. The van der Waals surface area contributed by atoms with Crippen molar-refractivity contribution in [1.29, 1.82) is 0 Å². The number of aromatic nitrogens is 2. The molecular weight excluding hydrogens is 596 g/mol. The van der Waals surface area contributed by atoms with E-state index in [0.717, 1.165) is 65.8 Å². The lowest BCUT2D eigenvalue weighted by molar-refractivity contribution is -0.266. The quantitative estimate of drug-likeness (QED) is 0.215. The van der Waals surface area contributed by atoms with Gasteiger partial charge in [0.25, 0.3) is 5.56 Å². The molecule has 10 nitrogen and oxygen atoms in total. The zero-order valence-corrected chi connectivity index (χ0v) is 28.2. The van der Waals surface area contributed by atoms with Gasteiger partial charge >= 0.3 is 5.97 Å². The lowest BCUT2D eigenvalue weighted by Gasteiger charge is -2.42. The third kappa shape index (κ3) is 5.82. The number of pyridine rings is 2. The molecule has 0 amide bonds. The minimum atomic E-state index is -1.19. The first-order valence-corrected chi connectivity index (χ1v) is 17.6. The third-order valence-corrected chi connectivity index (χ3v) is 10.7. The number of likely N-dealkylation sites (tertiary alicyclic amines) is 2. The molecule has 6 heterocycles. The number of ether oxygens (including phenoxy) is 3. The summed E-state index contributed by atoms with van der Waals surface area (Å²) >= 11 is 0. The number of fused-ring (bicyclic) bond motifs is 5. The largest absolute Gasteiger partial charge is 0.426 e. The normalized spacial score (nSPS) is 23.6. The zero-order chi connectivity index (χ0) is 32.9. The number of carbonyl (C=O) groups excluding carboxylic acids is 1. The summed E-state index contributed by atoms with van der Waals surface area (Å²) in [7, 11) is 0. The molecule has 252 valence electrons. The van der Waals surface area contributed by atoms with E-state index in [4.69, 9.17) is 19.2 Å². The summed E-state index contributed by atoms with van der Waals surface area (Å²) in [6, 6.07) is 8.24. The molecule has 0 aliphatic carbocycles. The van der Waals surface area contributed by atoms with Gasteiger partial charge in [-0.25, -0.2) is 4.98 Å². The Hall–Kier alpha value is -3.15. The summed E-state index contributed by atoms with van der Waals surface area (Å²) in [5, 5.41) is 11.9. The van der Waals surface area contributed by atoms with Crippen molar-refractivity contribution in [1.82, 2.24) is 19.4 Å². The minimum absolute atomic E-state index is 0.0242. The van der Waals surface area contributed by atoms with E-state index >= 15 is 0 Å². The summed E-state index contributed by atoms with van der Waals surface area (Å²) in [6.45, 7) is 12.8. The molecular formula is C37H48N4O6. The summed E-state index contributed by atoms with van der Waals surface area (Å²) in [4.78, 5) is 36.9. The number of carbonyl (C=O) groups is 1. The van der Waals surface area contributed by atoms with Crippen molar-refractivity contribution in [2.24, 2.45) is 0 Å². The van der Waals surface area contributed by atoms with Crippen molar-refractivity contribution in [2.45, 2.75) is 110 Å². The lowest BCUT2D eigenvalue weighted by Crippen LogP contribution is -2.50. The summed E-state index contributed by atoms with van der Waals surface area (Å²) < 4.78 is 19.7. The monoisotopic (exact) mass is 644 g/mol. The van der Waals surface area contributed by atoms with Crippen LogP contribution < -0.4 is 10.3 Å². The molecule has 1 unspecified atom stereocenters. The van der Waals surface area contributed by atoms with E-state index in [0.29, 0.717) is 35.9 Å². The molecule has 4 aliphatic rings. The number of benzene rings is 1. The first-order valence-electron chi connectivity index (χ1n) is 17.6. The Labute approximate surface area is 276 Å². The van der Waals surface area contributed by atoms with Crippen molar-refractivity contribution in [3.63, 3.8) is 0 Å². The predicted octanol–water partition coefficient (Wildman–Crippen LogP) is 4.72. The van der Waals surface area contributed by atoms with E-state index in [9.17, 15) is 14.7 Å². The Bertz CT molecular complexity index is 1720. The number of hydrogen-bond acceptors (Lipinski definition) is 9. The van der Waals surface area contributed by atoms with Crippen LogP contribution >= 0.6 is 0 Å². The Morgan fingerprint density at radius 3 is 2.55 bits per heavy atom. The Kier molecular flexibility index (Phi) is 8.99. The van der Waals surface area contributed by atoms with E-state index in [-0.39, 0.29) is 30.8 Å². The molecule has 1 aromatic carbocycles. The number of hydrogen-bond donors (Lipinski definition) is 1. The van der Waals surface area contributed by atoms with Gasteiger partial charge < -0.3 is 28.8 Å². The lowest BCUT2D eigenvalue weighted by atomic mass is 9.84. The van der Waals surface area contributed by atoms with Crippen LogP contribution in [0.2, 0.25) is 0 Å². The molecule has 4 aliphatic heterocycles. The fourth-order valence-corrected chi connectivity index (χ4v) is 8.41. The minimum Gasteiger partial charge on any atom is -0.426 e. The summed E-state index contributed by atoms with van der Waals surface area (Å²) in [6.07, 6.45) is 5.96. The molecule has 0 bridgehead atoms. The molecule has 2 aromatic heterocycles. The second-order valence-electron chi connectivity index (χ2n) is 13.9. The average molecular weight is 645 g/mol.